The Labute approximate surface area is 80.0 Å². The van der Waals surface area contributed by atoms with Crippen LogP contribution in [0.25, 0.3) is 11.3 Å². The zero-order chi connectivity index (χ0) is 9.54. The number of hydrogen-bond acceptors (Lipinski definition) is 2. The molecule has 4 heteroatoms. The van der Waals surface area contributed by atoms with Crippen molar-refractivity contribution in [3.05, 3.63) is 40.2 Å². The molecule has 0 aromatic carbocycles. The first-order valence-corrected chi connectivity index (χ1v) is 4.59. The van der Waals surface area contributed by atoms with E-state index < -0.39 is 0 Å². The van der Waals surface area contributed by atoms with Crippen LogP contribution in [-0.2, 0) is 12.8 Å². The minimum absolute atomic E-state index is 0.125. The summed E-state index contributed by atoms with van der Waals surface area (Å²) in [5, 5.41) is 0. The molecular weight excluding hydrogens is 178 g/mol. The molecule has 2 N–H and O–H groups in total. The molecule has 0 atom stereocenters. The SMILES string of the molecule is O=c1[nH]c2c([nH]1)-c1ccncc1CC2. The van der Waals surface area contributed by atoms with Crippen molar-refractivity contribution in [2.75, 3.05) is 0 Å². The maximum Gasteiger partial charge on any atom is 0.323 e. The van der Waals surface area contributed by atoms with Gasteiger partial charge in [-0.3, -0.25) is 4.98 Å². The zero-order valence-electron chi connectivity index (χ0n) is 7.50. The first-order valence-electron chi connectivity index (χ1n) is 4.59. The number of rotatable bonds is 0. The Hall–Kier alpha value is -1.84. The predicted octanol–water partition coefficient (Wildman–Crippen LogP) is 0.864. The van der Waals surface area contributed by atoms with Gasteiger partial charge in [-0.05, 0) is 24.5 Å². The molecule has 0 fully saturated rings. The highest BCUT2D eigenvalue weighted by atomic mass is 16.1. The summed E-state index contributed by atoms with van der Waals surface area (Å²) in [7, 11) is 0. The molecule has 2 heterocycles. The van der Waals surface area contributed by atoms with Crippen LogP contribution in [0.5, 0.6) is 0 Å². The molecule has 2 aromatic rings. The summed E-state index contributed by atoms with van der Waals surface area (Å²) in [6.45, 7) is 0. The van der Waals surface area contributed by atoms with E-state index in [0.29, 0.717) is 0 Å². The molecule has 0 aliphatic heterocycles. The van der Waals surface area contributed by atoms with Crippen LogP contribution in [0.1, 0.15) is 11.3 Å². The van der Waals surface area contributed by atoms with Crippen molar-refractivity contribution >= 4 is 0 Å². The van der Waals surface area contributed by atoms with E-state index in [2.05, 4.69) is 15.0 Å². The van der Waals surface area contributed by atoms with Crippen LogP contribution >= 0.6 is 0 Å². The lowest BCUT2D eigenvalue weighted by Crippen LogP contribution is -2.03. The number of aryl methyl sites for hydroxylation is 2. The summed E-state index contributed by atoms with van der Waals surface area (Å²) in [6, 6.07) is 1.94. The van der Waals surface area contributed by atoms with Gasteiger partial charge in [0.05, 0.1) is 5.69 Å². The largest absolute Gasteiger partial charge is 0.323 e. The minimum Gasteiger partial charge on any atom is -0.309 e. The van der Waals surface area contributed by atoms with Crippen LogP contribution in [0.2, 0.25) is 0 Å². The minimum atomic E-state index is -0.125. The Balaban J connectivity index is 2.33. The Morgan fingerprint density at radius 1 is 1.29 bits per heavy atom. The van der Waals surface area contributed by atoms with Gasteiger partial charge in [-0.2, -0.15) is 0 Å². The molecule has 0 unspecified atom stereocenters. The number of fused-ring (bicyclic) bond motifs is 3. The molecule has 70 valence electrons. The van der Waals surface area contributed by atoms with Crippen LogP contribution in [0.4, 0.5) is 0 Å². The van der Waals surface area contributed by atoms with Crippen LogP contribution < -0.4 is 5.69 Å². The second-order valence-electron chi connectivity index (χ2n) is 3.47. The maximum absolute atomic E-state index is 11.1. The fourth-order valence-electron chi connectivity index (χ4n) is 1.97. The topological polar surface area (TPSA) is 61.5 Å². The van der Waals surface area contributed by atoms with E-state index in [4.69, 9.17) is 0 Å². The van der Waals surface area contributed by atoms with Gasteiger partial charge in [-0.25, -0.2) is 4.79 Å². The average Bonchev–Trinajstić information content (AvgIpc) is 2.59. The highest BCUT2D eigenvalue weighted by molar-refractivity contribution is 5.67. The lowest BCUT2D eigenvalue weighted by molar-refractivity contribution is 0.897. The second-order valence-corrected chi connectivity index (χ2v) is 3.47. The lowest BCUT2D eigenvalue weighted by atomic mass is 9.94. The van der Waals surface area contributed by atoms with E-state index in [1.165, 1.54) is 5.56 Å². The molecule has 0 saturated heterocycles. The summed E-state index contributed by atoms with van der Waals surface area (Å²) < 4.78 is 0. The number of H-pyrrole nitrogens is 2. The summed E-state index contributed by atoms with van der Waals surface area (Å²) >= 11 is 0. The Bertz CT molecular complexity index is 538. The summed E-state index contributed by atoms with van der Waals surface area (Å²) in [5.74, 6) is 0. The quantitative estimate of drug-likeness (QED) is 0.642. The van der Waals surface area contributed by atoms with Crippen molar-refractivity contribution < 1.29 is 0 Å². The summed E-state index contributed by atoms with van der Waals surface area (Å²) in [6.07, 6.45) is 5.44. The van der Waals surface area contributed by atoms with Crippen LogP contribution in [-0.4, -0.2) is 15.0 Å². The van der Waals surface area contributed by atoms with E-state index in [1.54, 1.807) is 6.20 Å². The zero-order valence-corrected chi connectivity index (χ0v) is 7.50. The Morgan fingerprint density at radius 2 is 2.21 bits per heavy atom. The molecular formula is C10H9N3O. The molecule has 0 spiro atoms. The summed E-state index contributed by atoms with van der Waals surface area (Å²) in [5.41, 5.74) is 4.11. The average molecular weight is 187 g/mol. The number of nitrogens with one attached hydrogen (secondary N) is 2. The molecule has 4 nitrogen and oxygen atoms in total. The number of imidazole rings is 1. The van der Waals surface area contributed by atoms with Crippen LogP contribution in [0.3, 0.4) is 0 Å². The third-order valence-corrected chi connectivity index (χ3v) is 2.62. The van der Waals surface area contributed by atoms with Crippen molar-refractivity contribution in [1.29, 1.82) is 0 Å². The van der Waals surface area contributed by atoms with Gasteiger partial charge in [-0.1, -0.05) is 0 Å². The predicted molar refractivity (Wildman–Crippen MR) is 52.1 cm³/mol. The number of hydrogen-bond donors (Lipinski definition) is 2. The number of nitrogens with zero attached hydrogens (tertiary/aromatic N) is 1. The number of aromatic amines is 2. The lowest BCUT2D eigenvalue weighted by Gasteiger charge is -2.13. The molecule has 1 aliphatic carbocycles. The van der Waals surface area contributed by atoms with Gasteiger partial charge in [-0.15, -0.1) is 0 Å². The molecule has 0 radical (unpaired) electrons. The van der Waals surface area contributed by atoms with Gasteiger partial charge >= 0.3 is 5.69 Å². The van der Waals surface area contributed by atoms with Crippen LogP contribution in [0, 0.1) is 0 Å². The van der Waals surface area contributed by atoms with Gasteiger partial charge in [0.25, 0.3) is 0 Å². The highest BCUT2D eigenvalue weighted by Gasteiger charge is 2.17. The fraction of sp³-hybridized carbons (Fsp3) is 0.200. The van der Waals surface area contributed by atoms with Gasteiger partial charge in [0.15, 0.2) is 0 Å². The molecule has 14 heavy (non-hydrogen) atoms. The molecule has 3 rings (SSSR count). The standard InChI is InChI=1S/C10H9N3O/c14-10-12-8-2-1-6-5-11-4-3-7(6)9(8)13-10/h3-5H,1-2H2,(H2,12,13,14). The van der Waals surface area contributed by atoms with E-state index in [1.807, 2.05) is 12.3 Å². The highest BCUT2D eigenvalue weighted by Crippen LogP contribution is 2.28. The van der Waals surface area contributed by atoms with E-state index in [-0.39, 0.29) is 5.69 Å². The van der Waals surface area contributed by atoms with Crippen molar-refractivity contribution in [1.82, 2.24) is 15.0 Å². The second kappa shape index (κ2) is 2.57. The normalized spacial score (nSPS) is 13.4. The number of pyridine rings is 1. The maximum atomic E-state index is 11.1. The Morgan fingerprint density at radius 3 is 3.14 bits per heavy atom. The van der Waals surface area contributed by atoms with E-state index in [9.17, 15) is 4.79 Å². The monoisotopic (exact) mass is 187 g/mol. The van der Waals surface area contributed by atoms with Crippen LogP contribution in [0.15, 0.2) is 23.3 Å². The van der Waals surface area contributed by atoms with E-state index >= 15 is 0 Å². The van der Waals surface area contributed by atoms with Gasteiger partial charge in [0.2, 0.25) is 0 Å². The first-order chi connectivity index (χ1) is 6.84. The first kappa shape index (κ1) is 7.55. The fourth-order valence-corrected chi connectivity index (χ4v) is 1.97. The Kier molecular flexibility index (Phi) is 1.39. The summed E-state index contributed by atoms with van der Waals surface area (Å²) in [4.78, 5) is 20.8. The molecule has 2 aromatic heterocycles. The molecule has 0 bridgehead atoms. The van der Waals surface area contributed by atoms with E-state index in [0.717, 1.165) is 29.8 Å². The molecule has 1 aliphatic rings. The number of aromatic nitrogens is 3. The van der Waals surface area contributed by atoms with Crippen molar-refractivity contribution in [3.63, 3.8) is 0 Å². The van der Waals surface area contributed by atoms with Crippen molar-refractivity contribution in [3.8, 4) is 11.3 Å². The molecule has 0 saturated carbocycles. The van der Waals surface area contributed by atoms with Gasteiger partial charge in [0, 0.05) is 23.7 Å². The smallest absolute Gasteiger partial charge is 0.309 e. The van der Waals surface area contributed by atoms with Crippen molar-refractivity contribution in [2.45, 2.75) is 12.8 Å². The van der Waals surface area contributed by atoms with Gasteiger partial charge in [0.1, 0.15) is 0 Å². The molecule has 0 amide bonds. The van der Waals surface area contributed by atoms with Gasteiger partial charge < -0.3 is 9.97 Å². The third-order valence-electron chi connectivity index (χ3n) is 2.62. The third kappa shape index (κ3) is 0.937. The van der Waals surface area contributed by atoms with Crippen molar-refractivity contribution in [2.24, 2.45) is 0 Å².